The maximum Gasteiger partial charge on any atom is 0.207 e. The Morgan fingerprint density at radius 2 is 1.10 bits per heavy atom. The molecule has 0 bridgehead atoms. The molecule has 0 saturated carbocycles. The first-order valence-electron chi connectivity index (χ1n) is 17.0. The van der Waals surface area contributed by atoms with E-state index in [9.17, 15) is 4.79 Å². The molecular formula is C37H77NO2. The third-order valence-corrected chi connectivity index (χ3v) is 6.42. The van der Waals surface area contributed by atoms with Crippen molar-refractivity contribution in [3.63, 3.8) is 0 Å². The summed E-state index contributed by atoms with van der Waals surface area (Å²) in [5.41, 5.74) is 2.46. The van der Waals surface area contributed by atoms with Gasteiger partial charge in [0.05, 0.1) is 0 Å². The molecule has 1 aromatic rings. The highest BCUT2D eigenvalue weighted by molar-refractivity contribution is 5.46. The van der Waals surface area contributed by atoms with E-state index < -0.39 is 0 Å². The SMILES string of the molecule is CC.CCC(C)C.CCCC.CCCC(C)CC.CCCOCCC(C)CC.CCc1ccc(CNC=O)cc1. The zero-order chi connectivity index (χ0) is 32.0. The maximum atomic E-state index is 9.99. The summed E-state index contributed by atoms with van der Waals surface area (Å²) in [6.07, 6.45) is 13.4. The molecule has 0 aliphatic rings. The Labute approximate surface area is 255 Å². The normalized spacial score (nSPS) is 10.8. The number of carbonyl (C=O) groups excluding carboxylic acids is 1. The molecule has 0 heterocycles. The molecule has 40 heavy (non-hydrogen) atoms. The first-order chi connectivity index (χ1) is 19.2. The van der Waals surface area contributed by atoms with Gasteiger partial charge in [-0.1, -0.05) is 166 Å². The molecule has 0 fully saturated rings. The quantitative estimate of drug-likeness (QED) is 0.169. The van der Waals surface area contributed by atoms with Crippen LogP contribution >= 0.6 is 0 Å². The van der Waals surface area contributed by atoms with Gasteiger partial charge in [0, 0.05) is 19.8 Å². The van der Waals surface area contributed by atoms with Crippen LogP contribution in [0.2, 0.25) is 0 Å². The first kappa shape index (κ1) is 48.4. The van der Waals surface area contributed by atoms with Crippen molar-refractivity contribution in [2.45, 2.75) is 168 Å². The number of ether oxygens (including phenoxy) is 1. The Hall–Kier alpha value is -1.35. The predicted molar refractivity (Wildman–Crippen MR) is 185 cm³/mol. The number of amides is 1. The lowest BCUT2D eigenvalue weighted by Gasteiger charge is -2.07. The van der Waals surface area contributed by atoms with Crippen LogP contribution < -0.4 is 5.32 Å². The van der Waals surface area contributed by atoms with Gasteiger partial charge in [0.2, 0.25) is 6.41 Å². The van der Waals surface area contributed by atoms with E-state index in [1.54, 1.807) is 0 Å². The van der Waals surface area contributed by atoms with E-state index in [4.69, 9.17) is 4.74 Å². The Bertz CT molecular complexity index is 525. The third-order valence-electron chi connectivity index (χ3n) is 6.42. The van der Waals surface area contributed by atoms with E-state index in [0.29, 0.717) is 13.0 Å². The van der Waals surface area contributed by atoms with E-state index >= 15 is 0 Å². The molecule has 1 rings (SSSR count). The second kappa shape index (κ2) is 44.7. The van der Waals surface area contributed by atoms with E-state index in [1.807, 2.05) is 26.0 Å². The average Bonchev–Trinajstić information content (AvgIpc) is 3.00. The summed E-state index contributed by atoms with van der Waals surface area (Å²) in [7, 11) is 0. The van der Waals surface area contributed by atoms with E-state index in [0.717, 1.165) is 49.4 Å². The molecule has 1 amide bonds. The lowest BCUT2D eigenvalue weighted by atomic mass is 10.0. The van der Waals surface area contributed by atoms with Gasteiger partial charge >= 0.3 is 0 Å². The van der Waals surface area contributed by atoms with Crippen molar-refractivity contribution >= 4 is 6.41 Å². The number of carbonyl (C=O) groups is 1. The summed E-state index contributed by atoms with van der Waals surface area (Å²) < 4.78 is 5.36. The highest BCUT2D eigenvalue weighted by Crippen LogP contribution is 2.07. The van der Waals surface area contributed by atoms with Gasteiger partial charge in [-0.05, 0) is 48.1 Å². The van der Waals surface area contributed by atoms with Crippen LogP contribution in [-0.4, -0.2) is 19.6 Å². The molecule has 3 nitrogen and oxygen atoms in total. The largest absolute Gasteiger partial charge is 0.381 e. The zero-order valence-corrected chi connectivity index (χ0v) is 30.1. The Morgan fingerprint density at radius 1 is 0.650 bits per heavy atom. The van der Waals surface area contributed by atoms with Gasteiger partial charge in [-0.3, -0.25) is 4.79 Å². The number of nitrogens with one attached hydrogen (secondary N) is 1. The fraction of sp³-hybridized carbons (Fsp3) is 0.811. The van der Waals surface area contributed by atoms with Crippen molar-refractivity contribution in [3.05, 3.63) is 35.4 Å². The zero-order valence-electron chi connectivity index (χ0n) is 30.1. The molecule has 3 heteroatoms. The summed E-state index contributed by atoms with van der Waals surface area (Å²) in [5.74, 6) is 2.66. The van der Waals surface area contributed by atoms with E-state index in [-0.39, 0.29) is 0 Å². The molecule has 0 aliphatic carbocycles. The predicted octanol–water partition coefficient (Wildman–Crippen LogP) is 12.1. The molecule has 242 valence electrons. The molecule has 0 aliphatic heterocycles. The molecule has 1 aromatic carbocycles. The van der Waals surface area contributed by atoms with Crippen molar-refractivity contribution in [1.29, 1.82) is 0 Å². The summed E-state index contributed by atoms with van der Waals surface area (Å²) >= 11 is 0. The minimum atomic E-state index is 0.619. The van der Waals surface area contributed by atoms with Crippen LogP contribution in [0.4, 0.5) is 0 Å². The summed E-state index contributed by atoms with van der Waals surface area (Å²) in [5, 5.41) is 2.62. The average molecular weight is 568 g/mol. The maximum absolute atomic E-state index is 9.99. The highest BCUT2D eigenvalue weighted by atomic mass is 16.5. The van der Waals surface area contributed by atoms with Crippen LogP contribution in [-0.2, 0) is 22.5 Å². The fourth-order valence-electron chi connectivity index (χ4n) is 2.48. The van der Waals surface area contributed by atoms with Crippen LogP contribution in [0, 0.1) is 17.8 Å². The molecule has 2 atom stereocenters. The third kappa shape index (κ3) is 49.6. The number of hydrogen-bond acceptors (Lipinski definition) is 2. The second-order valence-corrected chi connectivity index (χ2v) is 10.7. The second-order valence-electron chi connectivity index (χ2n) is 10.7. The summed E-state index contributed by atoms with van der Waals surface area (Å²) in [6, 6.07) is 8.24. The molecule has 0 radical (unpaired) electrons. The fourth-order valence-corrected chi connectivity index (χ4v) is 2.48. The van der Waals surface area contributed by atoms with Crippen molar-refractivity contribution in [2.75, 3.05) is 13.2 Å². The van der Waals surface area contributed by atoms with Crippen molar-refractivity contribution < 1.29 is 9.53 Å². The van der Waals surface area contributed by atoms with Gasteiger partial charge in [-0.15, -0.1) is 0 Å². The first-order valence-corrected chi connectivity index (χ1v) is 17.0. The Kier molecular flexibility index (Phi) is 54.0. The minimum Gasteiger partial charge on any atom is -0.381 e. The van der Waals surface area contributed by atoms with Crippen LogP contribution in [0.1, 0.15) is 166 Å². The number of aryl methyl sites for hydroxylation is 1. The highest BCUT2D eigenvalue weighted by Gasteiger charge is 1.96. The van der Waals surface area contributed by atoms with Crippen LogP contribution in [0.5, 0.6) is 0 Å². The molecule has 0 aromatic heterocycles. The lowest BCUT2D eigenvalue weighted by Crippen LogP contribution is -2.09. The molecule has 0 saturated heterocycles. The van der Waals surface area contributed by atoms with Gasteiger partial charge in [-0.25, -0.2) is 0 Å². The minimum absolute atomic E-state index is 0.619. The van der Waals surface area contributed by atoms with Crippen molar-refractivity contribution in [1.82, 2.24) is 5.32 Å². The monoisotopic (exact) mass is 568 g/mol. The standard InChI is InChI=1S/C10H13NO.C9H20O.C7H16.C5H12.C4H10.C2H6/c1-2-9-3-5-10(6-4-9)7-11-8-12;1-4-7-10-8-6-9(3)5-2;1-4-6-7(3)5-2;1-4-5(2)3;1-3-4-2;1-2/h3-6,8H,2,7H2,1H3,(H,11,12);9H,4-8H2,1-3H3;7H,4-6H2,1-3H3;5H,4H2,1-3H3;3-4H2,1-2H3;1-2H3. The number of rotatable bonds is 15. The number of hydrogen-bond donors (Lipinski definition) is 1. The van der Waals surface area contributed by atoms with Gasteiger partial charge in [0.25, 0.3) is 0 Å². The van der Waals surface area contributed by atoms with Gasteiger partial charge in [-0.2, -0.15) is 0 Å². The molecule has 0 spiro atoms. The molecular weight excluding hydrogens is 490 g/mol. The van der Waals surface area contributed by atoms with Crippen LogP contribution in [0.15, 0.2) is 24.3 Å². The van der Waals surface area contributed by atoms with Crippen LogP contribution in [0.3, 0.4) is 0 Å². The summed E-state index contributed by atoms with van der Waals surface area (Å²) in [6.45, 7) is 33.1. The van der Waals surface area contributed by atoms with Crippen molar-refractivity contribution in [2.24, 2.45) is 17.8 Å². The smallest absolute Gasteiger partial charge is 0.207 e. The Balaban J connectivity index is -0.000000132. The van der Waals surface area contributed by atoms with E-state index in [1.165, 1.54) is 56.9 Å². The number of unbranched alkanes of at least 4 members (excludes halogenated alkanes) is 1. The molecule has 1 N–H and O–H groups in total. The van der Waals surface area contributed by atoms with Gasteiger partial charge < -0.3 is 10.1 Å². The number of benzene rings is 1. The van der Waals surface area contributed by atoms with Crippen LogP contribution in [0.25, 0.3) is 0 Å². The topological polar surface area (TPSA) is 38.3 Å². The lowest BCUT2D eigenvalue weighted by molar-refractivity contribution is -0.109. The molecule has 2 unspecified atom stereocenters. The summed E-state index contributed by atoms with van der Waals surface area (Å²) in [4.78, 5) is 9.99. The van der Waals surface area contributed by atoms with Crippen molar-refractivity contribution in [3.8, 4) is 0 Å². The van der Waals surface area contributed by atoms with Gasteiger partial charge in [0.1, 0.15) is 0 Å². The Morgan fingerprint density at radius 3 is 1.40 bits per heavy atom. The van der Waals surface area contributed by atoms with E-state index in [2.05, 4.69) is 101 Å². The van der Waals surface area contributed by atoms with Gasteiger partial charge in [0.15, 0.2) is 0 Å².